The molecule has 8 rings (SSSR count). The lowest BCUT2D eigenvalue weighted by Gasteiger charge is -2.34. The van der Waals surface area contributed by atoms with Crippen LogP contribution in [0.5, 0.6) is 5.88 Å². The van der Waals surface area contributed by atoms with E-state index in [2.05, 4.69) is 28.3 Å². The smallest absolute Gasteiger partial charge is 0.274 e. The highest BCUT2D eigenvalue weighted by molar-refractivity contribution is 5.92. The van der Waals surface area contributed by atoms with E-state index < -0.39 is 5.41 Å². The number of aromatic nitrogens is 5. The minimum atomic E-state index is -0.503. The molecule has 2 N–H and O–H groups in total. The molecule has 5 heterocycles. The van der Waals surface area contributed by atoms with Gasteiger partial charge in [0, 0.05) is 44.2 Å². The van der Waals surface area contributed by atoms with E-state index in [1.807, 2.05) is 19.1 Å². The summed E-state index contributed by atoms with van der Waals surface area (Å²) in [4.78, 5) is 27.0. The number of aryl methyl sites for hydroxylation is 1. The number of hydrogen-bond donors (Lipinski definition) is 1. The Kier molecular flexibility index (Phi) is 8.08. The van der Waals surface area contributed by atoms with Crippen LogP contribution in [-0.2, 0) is 27.7 Å². The Morgan fingerprint density at radius 2 is 2.06 bits per heavy atom. The highest BCUT2D eigenvalue weighted by Crippen LogP contribution is 2.54. The molecule has 1 spiro atoms. The molecule has 0 unspecified atom stereocenters. The Morgan fingerprint density at radius 1 is 1.22 bits per heavy atom. The zero-order valence-corrected chi connectivity index (χ0v) is 28.8. The molecule has 50 heavy (non-hydrogen) atoms. The van der Waals surface area contributed by atoms with E-state index in [0.717, 1.165) is 67.5 Å². The van der Waals surface area contributed by atoms with Gasteiger partial charge in [-0.3, -0.25) is 9.69 Å². The number of methoxy groups -OCH3 is 1. The molecule has 0 radical (unpaired) electrons. The summed E-state index contributed by atoms with van der Waals surface area (Å²) in [6.45, 7) is 3.94. The summed E-state index contributed by atoms with van der Waals surface area (Å²) >= 11 is 0. The fraction of sp³-hybridized carbons (Fsp3) is 0.500. The highest BCUT2D eigenvalue weighted by Gasteiger charge is 2.49. The molecule has 4 aliphatic rings. The summed E-state index contributed by atoms with van der Waals surface area (Å²) in [7, 11) is 5.56. The maximum absolute atomic E-state index is 13.2. The van der Waals surface area contributed by atoms with Crippen LogP contribution in [0.4, 0.5) is 5.69 Å². The number of likely N-dealkylation sites (tertiary alicyclic amines) is 1. The number of anilines is 1. The minimum absolute atomic E-state index is 0.0192. The molecule has 14 heteroatoms. The lowest BCUT2D eigenvalue weighted by Crippen LogP contribution is -2.49. The predicted molar refractivity (Wildman–Crippen MR) is 181 cm³/mol. The third kappa shape index (κ3) is 5.14. The van der Waals surface area contributed by atoms with Crippen molar-refractivity contribution in [3.8, 4) is 29.3 Å². The number of amides is 1. The van der Waals surface area contributed by atoms with E-state index in [1.165, 1.54) is 0 Å². The summed E-state index contributed by atoms with van der Waals surface area (Å²) in [5, 5.41) is 19.4. The second-order valence-electron chi connectivity index (χ2n) is 13.9. The van der Waals surface area contributed by atoms with Gasteiger partial charge in [-0.25, -0.2) is 9.67 Å². The molecule has 0 bridgehead atoms. The third-order valence-electron chi connectivity index (χ3n) is 11.2. The van der Waals surface area contributed by atoms with Crippen molar-refractivity contribution in [2.75, 3.05) is 46.7 Å². The van der Waals surface area contributed by atoms with Gasteiger partial charge < -0.3 is 29.4 Å². The van der Waals surface area contributed by atoms with Crippen LogP contribution in [0.3, 0.4) is 0 Å². The highest BCUT2D eigenvalue weighted by atomic mass is 16.5. The van der Waals surface area contributed by atoms with Crippen molar-refractivity contribution in [2.24, 2.45) is 0 Å². The maximum atomic E-state index is 13.2. The Labute approximate surface area is 290 Å². The molecule has 4 aromatic rings. The van der Waals surface area contributed by atoms with E-state index in [1.54, 1.807) is 42.1 Å². The molecule has 3 aromatic heterocycles. The molecule has 2 fully saturated rings. The molecule has 1 aromatic carbocycles. The van der Waals surface area contributed by atoms with E-state index in [9.17, 15) is 10.1 Å². The van der Waals surface area contributed by atoms with Gasteiger partial charge in [-0.2, -0.15) is 15.3 Å². The molecule has 0 saturated carbocycles. The van der Waals surface area contributed by atoms with Crippen molar-refractivity contribution in [1.29, 1.82) is 5.26 Å². The zero-order chi connectivity index (χ0) is 34.7. The predicted octanol–water partition coefficient (Wildman–Crippen LogP) is 3.30. The number of fused-ring (bicyclic) bond motifs is 4. The standard InChI is InChI=1S/C36H41N9O5/c1-20(32-27(47-4)11-14-43(32)2)49-29-16-28(45-15-10-26(41-45)35(46)44(3)22-18-48-19-22)39-34(40-29)31-23-6-5-12-36(33(23)50-42-31)13-9-21-7-8-25(38)24(17-37)30(21)36/h7-8,10,15-16,20,22,27,32H,5-6,9,11-14,18-19,38H2,1-4H3/t20-,27-,32+,36-/m0/s1. The second-order valence-corrected chi connectivity index (χ2v) is 13.9. The molecule has 2 aliphatic heterocycles. The number of rotatable bonds is 8. The summed E-state index contributed by atoms with van der Waals surface area (Å²) in [5.41, 5.74) is 10.6. The van der Waals surface area contributed by atoms with Crippen molar-refractivity contribution in [2.45, 2.75) is 75.2 Å². The largest absolute Gasteiger partial charge is 0.473 e. The zero-order valence-electron chi connectivity index (χ0n) is 28.8. The Balaban J connectivity index is 1.20. The topological polar surface area (TPSA) is 171 Å². The van der Waals surface area contributed by atoms with Crippen molar-refractivity contribution in [1.82, 2.24) is 34.7 Å². The van der Waals surface area contributed by atoms with Crippen molar-refractivity contribution in [3.05, 3.63) is 64.2 Å². The van der Waals surface area contributed by atoms with Crippen molar-refractivity contribution in [3.63, 3.8) is 0 Å². The van der Waals surface area contributed by atoms with Gasteiger partial charge in [0.15, 0.2) is 28.8 Å². The first-order chi connectivity index (χ1) is 24.2. The molecular formula is C36H41N9O5. The summed E-state index contributed by atoms with van der Waals surface area (Å²) < 4.78 is 25.4. The van der Waals surface area contributed by atoms with Crippen LogP contribution in [0.15, 0.2) is 35.0 Å². The summed E-state index contributed by atoms with van der Waals surface area (Å²) in [6, 6.07) is 9.67. The van der Waals surface area contributed by atoms with Gasteiger partial charge in [0.1, 0.15) is 12.2 Å². The van der Waals surface area contributed by atoms with Crippen LogP contribution in [0.1, 0.15) is 71.1 Å². The second kappa shape index (κ2) is 12.5. The van der Waals surface area contributed by atoms with Gasteiger partial charge in [-0.1, -0.05) is 11.2 Å². The van der Waals surface area contributed by atoms with Crippen LogP contribution in [0, 0.1) is 11.3 Å². The van der Waals surface area contributed by atoms with Crippen LogP contribution in [0.2, 0.25) is 0 Å². The van der Waals surface area contributed by atoms with Crippen molar-refractivity contribution >= 4 is 11.6 Å². The number of ether oxygens (including phenoxy) is 3. The van der Waals surface area contributed by atoms with Crippen LogP contribution >= 0.6 is 0 Å². The average molecular weight is 680 g/mol. The normalized spacial score (nSPS) is 23.7. The lowest BCUT2D eigenvalue weighted by molar-refractivity contribution is -0.0469. The van der Waals surface area contributed by atoms with E-state index in [4.69, 9.17) is 34.4 Å². The van der Waals surface area contributed by atoms with Gasteiger partial charge in [0.05, 0.1) is 42.4 Å². The fourth-order valence-corrected chi connectivity index (χ4v) is 8.43. The monoisotopic (exact) mass is 679 g/mol. The number of hydrogen-bond acceptors (Lipinski definition) is 12. The first-order valence-electron chi connectivity index (χ1n) is 17.2. The molecule has 260 valence electrons. The van der Waals surface area contributed by atoms with Crippen LogP contribution in [0.25, 0.3) is 17.3 Å². The van der Waals surface area contributed by atoms with E-state index in [0.29, 0.717) is 53.4 Å². The van der Waals surface area contributed by atoms with Crippen LogP contribution < -0.4 is 10.5 Å². The number of nitrogen functional groups attached to an aromatic ring is 1. The number of carbonyl (C=O) groups is 1. The summed E-state index contributed by atoms with van der Waals surface area (Å²) in [6.07, 6.45) is 6.41. The fourth-order valence-electron chi connectivity index (χ4n) is 8.43. The SMILES string of the molecule is CO[C@H]1CCN(C)[C@@H]1[C@H](C)Oc1cc(-n2ccc(C(=O)N(C)C3COC3)n2)nc(-c2noc3c2CCC[C@@]32CCc3ccc(N)c(C#N)c32)n1. The number of carbonyl (C=O) groups excluding carboxylic acids is 1. The lowest BCUT2D eigenvalue weighted by atomic mass is 9.68. The molecule has 14 nitrogen and oxygen atoms in total. The van der Waals surface area contributed by atoms with E-state index >= 15 is 0 Å². The number of nitrogens with two attached hydrogens (primary N) is 1. The minimum Gasteiger partial charge on any atom is -0.473 e. The number of likely N-dealkylation sites (N-methyl/N-ethyl adjacent to an activating group) is 2. The Morgan fingerprint density at radius 3 is 2.82 bits per heavy atom. The van der Waals surface area contributed by atoms with Gasteiger partial charge >= 0.3 is 0 Å². The number of nitriles is 1. The molecule has 1 amide bonds. The average Bonchev–Trinajstić information content (AvgIpc) is 3.90. The Bertz CT molecular complexity index is 2000. The molecule has 4 atom stereocenters. The molecule has 2 aliphatic carbocycles. The van der Waals surface area contributed by atoms with Gasteiger partial charge in [0.25, 0.3) is 5.91 Å². The maximum Gasteiger partial charge on any atom is 0.274 e. The van der Waals surface area contributed by atoms with Gasteiger partial charge in [0.2, 0.25) is 5.88 Å². The first-order valence-corrected chi connectivity index (χ1v) is 17.2. The quantitative estimate of drug-likeness (QED) is 0.270. The Hall–Kier alpha value is -4.84. The van der Waals surface area contributed by atoms with E-state index in [-0.39, 0.29) is 30.2 Å². The van der Waals surface area contributed by atoms with Crippen molar-refractivity contribution < 1.29 is 23.5 Å². The number of nitrogens with zero attached hydrogens (tertiary/aromatic N) is 8. The molecule has 2 saturated heterocycles. The summed E-state index contributed by atoms with van der Waals surface area (Å²) in [5.74, 6) is 1.63. The van der Waals surface area contributed by atoms with Crippen LogP contribution in [-0.4, -0.2) is 106 Å². The van der Waals surface area contributed by atoms with Gasteiger partial charge in [-0.05, 0) is 75.8 Å². The molecular weight excluding hydrogens is 638 g/mol. The third-order valence-corrected chi connectivity index (χ3v) is 11.2. The first kappa shape index (κ1) is 32.4. The number of benzene rings is 1. The van der Waals surface area contributed by atoms with Gasteiger partial charge in [-0.15, -0.1) is 0 Å².